The van der Waals surface area contributed by atoms with E-state index < -0.39 is 0 Å². The Morgan fingerprint density at radius 2 is 2.25 bits per heavy atom. The zero-order valence-electron chi connectivity index (χ0n) is 5.59. The van der Waals surface area contributed by atoms with E-state index in [4.69, 9.17) is 5.84 Å². The lowest BCUT2D eigenvalue weighted by molar-refractivity contribution is 0.482. The van der Waals surface area contributed by atoms with Crippen LogP contribution in [0.1, 0.15) is 19.8 Å². The molecule has 0 aliphatic rings. The fourth-order valence-electron chi connectivity index (χ4n) is 0.407. The van der Waals surface area contributed by atoms with Crippen molar-refractivity contribution in [1.29, 1.82) is 0 Å². The summed E-state index contributed by atoms with van der Waals surface area (Å²) in [4.78, 5) is 0. The SMILES string of the molecule is CCC/C=C\N(C)N. The van der Waals surface area contributed by atoms with Gasteiger partial charge in [-0.15, -0.1) is 0 Å². The summed E-state index contributed by atoms with van der Waals surface area (Å²) in [6.07, 6.45) is 6.22. The Morgan fingerprint density at radius 3 is 2.62 bits per heavy atom. The highest BCUT2D eigenvalue weighted by Gasteiger charge is 1.73. The van der Waals surface area contributed by atoms with E-state index in [-0.39, 0.29) is 0 Å². The normalized spacial score (nSPS) is 10.4. The highest BCUT2D eigenvalue weighted by atomic mass is 15.4. The smallest absolute Gasteiger partial charge is 0.0222 e. The van der Waals surface area contributed by atoms with Gasteiger partial charge in [0.05, 0.1) is 0 Å². The van der Waals surface area contributed by atoms with E-state index in [1.807, 2.05) is 13.2 Å². The maximum Gasteiger partial charge on any atom is 0.0222 e. The minimum absolute atomic E-state index is 1.11. The second-order valence-corrected chi connectivity index (χ2v) is 1.84. The highest BCUT2D eigenvalue weighted by molar-refractivity contribution is 4.76. The zero-order chi connectivity index (χ0) is 6.41. The topological polar surface area (TPSA) is 29.3 Å². The molecule has 0 aromatic carbocycles. The molecule has 0 bridgehead atoms. The molecule has 0 aromatic rings. The molecule has 0 saturated heterocycles. The molecule has 0 spiro atoms. The third kappa shape index (κ3) is 5.50. The van der Waals surface area contributed by atoms with Crippen LogP contribution in [0.15, 0.2) is 12.3 Å². The first-order valence-corrected chi connectivity index (χ1v) is 2.91. The summed E-state index contributed by atoms with van der Waals surface area (Å²) < 4.78 is 0. The van der Waals surface area contributed by atoms with Crippen LogP contribution in [-0.2, 0) is 0 Å². The Hall–Kier alpha value is -0.500. The second-order valence-electron chi connectivity index (χ2n) is 1.84. The summed E-state index contributed by atoms with van der Waals surface area (Å²) in [5, 5.41) is 1.55. The van der Waals surface area contributed by atoms with Crippen molar-refractivity contribution in [1.82, 2.24) is 5.01 Å². The number of nitrogens with zero attached hydrogens (tertiary/aromatic N) is 1. The summed E-state index contributed by atoms with van der Waals surface area (Å²) in [5.41, 5.74) is 0. The molecule has 8 heavy (non-hydrogen) atoms. The summed E-state index contributed by atoms with van der Waals surface area (Å²) in [5.74, 6) is 5.28. The molecule has 0 aliphatic carbocycles. The molecule has 2 N–H and O–H groups in total. The average Bonchev–Trinajstić information content (AvgIpc) is 1.66. The van der Waals surface area contributed by atoms with E-state index in [9.17, 15) is 0 Å². The maximum absolute atomic E-state index is 5.28. The van der Waals surface area contributed by atoms with Gasteiger partial charge in [-0.25, -0.2) is 5.84 Å². The molecule has 0 amide bonds. The fraction of sp³-hybridized carbons (Fsp3) is 0.667. The van der Waals surface area contributed by atoms with Crippen molar-refractivity contribution in [2.24, 2.45) is 5.84 Å². The van der Waals surface area contributed by atoms with Crippen molar-refractivity contribution in [3.8, 4) is 0 Å². The Kier molecular flexibility index (Phi) is 4.36. The van der Waals surface area contributed by atoms with Crippen molar-refractivity contribution < 1.29 is 0 Å². The van der Waals surface area contributed by atoms with Crippen molar-refractivity contribution in [3.05, 3.63) is 12.3 Å². The number of allylic oxidation sites excluding steroid dienone is 1. The lowest BCUT2D eigenvalue weighted by Crippen LogP contribution is -2.18. The van der Waals surface area contributed by atoms with Gasteiger partial charge in [0.15, 0.2) is 0 Å². The Balaban J connectivity index is 3.07. The van der Waals surface area contributed by atoms with Crippen LogP contribution in [0.3, 0.4) is 0 Å². The molecule has 0 unspecified atom stereocenters. The largest absolute Gasteiger partial charge is 0.322 e. The quantitative estimate of drug-likeness (QED) is 0.440. The van der Waals surface area contributed by atoms with Crippen LogP contribution in [-0.4, -0.2) is 12.1 Å². The molecule has 0 rings (SSSR count). The minimum atomic E-state index is 1.11. The van der Waals surface area contributed by atoms with Gasteiger partial charge in [-0.3, -0.25) is 0 Å². The van der Waals surface area contributed by atoms with E-state index in [2.05, 4.69) is 13.0 Å². The number of hydrazine groups is 1. The third-order valence-electron chi connectivity index (χ3n) is 0.796. The summed E-state index contributed by atoms with van der Waals surface area (Å²) >= 11 is 0. The van der Waals surface area contributed by atoms with Crippen LogP contribution in [0.2, 0.25) is 0 Å². The van der Waals surface area contributed by atoms with E-state index in [0.717, 1.165) is 6.42 Å². The molecule has 2 nitrogen and oxygen atoms in total. The van der Waals surface area contributed by atoms with Gasteiger partial charge in [0.25, 0.3) is 0 Å². The van der Waals surface area contributed by atoms with Gasteiger partial charge in [0.2, 0.25) is 0 Å². The van der Waals surface area contributed by atoms with E-state index in [1.165, 1.54) is 6.42 Å². The predicted molar refractivity (Wildman–Crippen MR) is 36.0 cm³/mol. The second kappa shape index (κ2) is 4.65. The Labute approximate surface area is 50.9 Å². The zero-order valence-corrected chi connectivity index (χ0v) is 5.59. The maximum atomic E-state index is 5.28. The molecule has 48 valence electrons. The van der Waals surface area contributed by atoms with Crippen molar-refractivity contribution in [2.75, 3.05) is 7.05 Å². The third-order valence-corrected chi connectivity index (χ3v) is 0.796. The molecule has 0 aromatic heterocycles. The van der Waals surface area contributed by atoms with Crippen molar-refractivity contribution >= 4 is 0 Å². The number of nitrogens with two attached hydrogens (primary N) is 1. The van der Waals surface area contributed by atoms with Crippen LogP contribution < -0.4 is 5.84 Å². The lowest BCUT2D eigenvalue weighted by Gasteiger charge is -2.01. The molecule has 0 atom stereocenters. The highest BCUT2D eigenvalue weighted by Crippen LogP contribution is 1.87. The van der Waals surface area contributed by atoms with Crippen LogP contribution >= 0.6 is 0 Å². The Bertz CT molecular complexity index is 66.9. The fourth-order valence-corrected chi connectivity index (χ4v) is 0.407. The number of rotatable bonds is 3. The monoisotopic (exact) mass is 114 g/mol. The molecule has 0 fully saturated rings. The van der Waals surface area contributed by atoms with Gasteiger partial charge < -0.3 is 5.01 Å². The molecule has 0 radical (unpaired) electrons. The minimum Gasteiger partial charge on any atom is -0.322 e. The van der Waals surface area contributed by atoms with Gasteiger partial charge >= 0.3 is 0 Å². The molecular formula is C6H14N2. The average molecular weight is 114 g/mol. The van der Waals surface area contributed by atoms with E-state index >= 15 is 0 Å². The summed E-state index contributed by atoms with van der Waals surface area (Å²) in [6, 6.07) is 0. The van der Waals surface area contributed by atoms with E-state index in [0.29, 0.717) is 0 Å². The van der Waals surface area contributed by atoms with Crippen LogP contribution in [0, 0.1) is 0 Å². The summed E-state index contributed by atoms with van der Waals surface area (Å²) in [7, 11) is 1.81. The molecular weight excluding hydrogens is 100 g/mol. The van der Waals surface area contributed by atoms with Gasteiger partial charge in [-0.1, -0.05) is 19.4 Å². The first kappa shape index (κ1) is 7.50. The Morgan fingerprint density at radius 1 is 1.62 bits per heavy atom. The van der Waals surface area contributed by atoms with Crippen molar-refractivity contribution in [2.45, 2.75) is 19.8 Å². The van der Waals surface area contributed by atoms with Crippen LogP contribution in [0.5, 0.6) is 0 Å². The van der Waals surface area contributed by atoms with Gasteiger partial charge in [-0.2, -0.15) is 0 Å². The first-order chi connectivity index (χ1) is 3.77. The number of unbranched alkanes of at least 4 members (excludes halogenated alkanes) is 1. The molecule has 0 aliphatic heterocycles. The molecule has 0 saturated carbocycles. The first-order valence-electron chi connectivity index (χ1n) is 2.91. The molecule has 2 heteroatoms. The summed E-state index contributed by atoms with van der Waals surface area (Å²) in [6.45, 7) is 2.14. The lowest BCUT2D eigenvalue weighted by atomic mass is 10.3. The van der Waals surface area contributed by atoms with Gasteiger partial charge in [0.1, 0.15) is 0 Å². The van der Waals surface area contributed by atoms with Gasteiger partial charge in [0, 0.05) is 13.2 Å². The standard InChI is InChI=1S/C6H14N2/c1-3-4-5-6-8(2)7/h5-6H,3-4,7H2,1-2H3/b6-5-. The number of hydrogen-bond donors (Lipinski definition) is 1. The predicted octanol–water partition coefficient (Wildman–Crippen LogP) is 1.11. The van der Waals surface area contributed by atoms with Crippen LogP contribution in [0.4, 0.5) is 0 Å². The van der Waals surface area contributed by atoms with Crippen LogP contribution in [0.25, 0.3) is 0 Å². The number of hydrogen-bond acceptors (Lipinski definition) is 2. The van der Waals surface area contributed by atoms with Gasteiger partial charge in [-0.05, 0) is 6.42 Å². The van der Waals surface area contributed by atoms with Crippen molar-refractivity contribution in [3.63, 3.8) is 0 Å². The molecule has 0 heterocycles. The van der Waals surface area contributed by atoms with E-state index in [1.54, 1.807) is 5.01 Å².